The van der Waals surface area contributed by atoms with E-state index >= 15 is 0 Å². The average Bonchev–Trinajstić information content (AvgIpc) is 3.16. The molecule has 1 unspecified atom stereocenters. The van der Waals surface area contributed by atoms with Gasteiger partial charge in [-0.15, -0.1) is 0 Å². The number of hydrogen-bond donors (Lipinski definition) is 0. The van der Waals surface area contributed by atoms with Crippen LogP contribution in [0.25, 0.3) is 10.9 Å². The molecule has 1 saturated heterocycles. The van der Waals surface area contributed by atoms with Crippen molar-refractivity contribution in [2.45, 2.75) is 12.5 Å². The first-order valence-electron chi connectivity index (χ1n) is 9.19. The third-order valence-corrected chi connectivity index (χ3v) is 4.95. The van der Waals surface area contributed by atoms with Crippen LogP contribution in [0.3, 0.4) is 0 Å². The Labute approximate surface area is 159 Å². The summed E-state index contributed by atoms with van der Waals surface area (Å²) in [4.78, 5) is 21.1. The number of nitrogens with zero attached hydrogens (tertiary/aromatic N) is 3. The van der Waals surface area contributed by atoms with E-state index in [2.05, 4.69) is 4.98 Å². The van der Waals surface area contributed by atoms with E-state index in [0.29, 0.717) is 18.7 Å². The number of benzene rings is 2. The molecule has 0 spiro atoms. The summed E-state index contributed by atoms with van der Waals surface area (Å²) in [6, 6.07) is 17.6. The van der Waals surface area contributed by atoms with Crippen molar-refractivity contribution in [3.05, 3.63) is 66.4 Å². The highest BCUT2D eigenvalue weighted by Gasteiger charge is 2.28. The lowest BCUT2D eigenvalue weighted by Crippen LogP contribution is -2.31. The molecule has 0 aliphatic carbocycles. The molecule has 1 aromatic heterocycles. The number of likely N-dealkylation sites (tertiary alicyclic amines) is 1. The first-order chi connectivity index (χ1) is 13.1. The van der Waals surface area contributed by atoms with E-state index in [1.54, 1.807) is 6.20 Å². The van der Waals surface area contributed by atoms with E-state index < -0.39 is 0 Å². The van der Waals surface area contributed by atoms with Crippen LogP contribution in [0.4, 0.5) is 5.69 Å². The summed E-state index contributed by atoms with van der Waals surface area (Å²) in [6.45, 7) is 1.30. The number of ether oxygens (including phenoxy) is 1. The Morgan fingerprint density at radius 1 is 1.11 bits per heavy atom. The van der Waals surface area contributed by atoms with Crippen molar-refractivity contribution in [2.75, 3.05) is 32.1 Å². The smallest absolute Gasteiger partial charge is 0.253 e. The summed E-state index contributed by atoms with van der Waals surface area (Å²) < 4.78 is 6.19. The van der Waals surface area contributed by atoms with Gasteiger partial charge in [0.25, 0.3) is 5.91 Å². The monoisotopic (exact) mass is 361 g/mol. The molecule has 0 saturated carbocycles. The molecule has 4 rings (SSSR count). The minimum Gasteiger partial charge on any atom is -0.486 e. The fourth-order valence-electron chi connectivity index (χ4n) is 3.44. The molecule has 2 heterocycles. The topological polar surface area (TPSA) is 45.7 Å². The third kappa shape index (κ3) is 3.58. The molecule has 3 aromatic rings. The fraction of sp³-hybridized carbons (Fsp3) is 0.273. The van der Waals surface area contributed by atoms with Gasteiger partial charge in [0.1, 0.15) is 17.4 Å². The number of hydrogen-bond acceptors (Lipinski definition) is 4. The van der Waals surface area contributed by atoms with Gasteiger partial charge in [-0.1, -0.05) is 18.2 Å². The molecule has 27 heavy (non-hydrogen) atoms. The summed E-state index contributed by atoms with van der Waals surface area (Å²) in [5.41, 5.74) is 2.66. The highest BCUT2D eigenvalue weighted by Crippen LogP contribution is 2.26. The van der Waals surface area contributed by atoms with Crippen LogP contribution in [0, 0.1) is 0 Å². The maximum Gasteiger partial charge on any atom is 0.253 e. The molecule has 0 radical (unpaired) electrons. The Hall–Kier alpha value is -3.08. The van der Waals surface area contributed by atoms with Crippen LogP contribution in [-0.4, -0.2) is 49.1 Å². The zero-order valence-corrected chi connectivity index (χ0v) is 15.6. The van der Waals surface area contributed by atoms with Crippen molar-refractivity contribution in [1.29, 1.82) is 0 Å². The van der Waals surface area contributed by atoms with E-state index in [-0.39, 0.29) is 12.0 Å². The van der Waals surface area contributed by atoms with E-state index in [0.717, 1.165) is 28.8 Å². The Kier molecular flexibility index (Phi) is 4.67. The number of carbonyl (C=O) groups is 1. The summed E-state index contributed by atoms with van der Waals surface area (Å²) in [6.07, 6.45) is 2.59. The van der Waals surface area contributed by atoms with Crippen molar-refractivity contribution in [1.82, 2.24) is 9.88 Å². The van der Waals surface area contributed by atoms with Crippen LogP contribution in [0.2, 0.25) is 0 Å². The van der Waals surface area contributed by atoms with Crippen molar-refractivity contribution >= 4 is 22.5 Å². The van der Waals surface area contributed by atoms with Gasteiger partial charge >= 0.3 is 0 Å². The summed E-state index contributed by atoms with van der Waals surface area (Å²) in [5, 5.41) is 1.06. The summed E-state index contributed by atoms with van der Waals surface area (Å²) in [7, 11) is 3.97. The molecule has 1 fully saturated rings. The first-order valence-corrected chi connectivity index (χ1v) is 9.19. The minimum atomic E-state index is -0.0115. The molecule has 1 amide bonds. The van der Waals surface area contributed by atoms with Gasteiger partial charge < -0.3 is 14.5 Å². The second-order valence-electron chi connectivity index (χ2n) is 7.05. The van der Waals surface area contributed by atoms with Crippen molar-refractivity contribution < 1.29 is 9.53 Å². The van der Waals surface area contributed by atoms with Crippen molar-refractivity contribution in [2.24, 2.45) is 0 Å². The Balaban J connectivity index is 1.44. The van der Waals surface area contributed by atoms with Crippen molar-refractivity contribution in [3.63, 3.8) is 0 Å². The van der Waals surface area contributed by atoms with Crippen LogP contribution < -0.4 is 9.64 Å². The zero-order valence-electron chi connectivity index (χ0n) is 15.6. The highest BCUT2D eigenvalue weighted by atomic mass is 16.5. The molecule has 1 aliphatic rings. The first kappa shape index (κ1) is 17.3. The predicted octanol–water partition coefficient (Wildman–Crippen LogP) is 3.59. The molecule has 0 N–H and O–H groups in total. The van der Waals surface area contributed by atoms with Gasteiger partial charge in [-0.05, 0) is 36.4 Å². The maximum atomic E-state index is 12.8. The van der Waals surface area contributed by atoms with Gasteiger partial charge in [0.15, 0.2) is 0 Å². The van der Waals surface area contributed by atoms with Crippen LogP contribution in [0.5, 0.6) is 5.75 Å². The molecule has 0 bridgehead atoms. The van der Waals surface area contributed by atoms with Crippen LogP contribution >= 0.6 is 0 Å². The largest absolute Gasteiger partial charge is 0.486 e. The van der Waals surface area contributed by atoms with E-state index in [4.69, 9.17) is 4.74 Å². The average molecular weight is 361 g/mol. The number of carbonyl (C=O) groups excluding carboxylic acids is 1. The van der Waals surface area contributed by atoms with Crippen LogP contribution in [0.1, 0.15) is 16.8 Å². The quantitative estimate of drug-likeness (QED) is 0.712. The molecule has 5 heteroatoms. The van der Waals surface area contributed by atoms with Gasteiger partial charge in [-0.25, -0.2) is 0 Å². The van der Waals surface area contributed by atoms with Crippen molar-refractivity contribution in [3.8, 4) is 5.75 Å². The summed E-state index contributed by atoms with van der Waals surface area (Å²) in [5.74, 6) is 0.838. The number of fused-ring (bicyclic) bond motifs is 1. The van der Waals surface area contributed by atoms with E-state index in [1.165, 1.54) is 0 Å². The van der Waals surface area contributed by atoms with E-state index in [9.17, 15) is 4.79 Å². The lowest BCUT2D eigenvalue weighted by molar-refractivity contribution is 0.0773. The number of anilines is 1. The molecule has 138 valence electrons. The summed E-state index contributed by atoms with van der Waals surface area (Å²) >= 11 is 0. The Morgan fingerprint density at radius 2 is 1.89 bits per heavy atom. The Bertz CT molecular complexity index is 948. The number of pyridine rings is 1. The number of para-hydroxylation sites is 1. The lowest BCUT2D eigenvalue weighted by Gasteiger charge is -2.18. The van der Waals surface area contributed by atoms with Gasteiger partial charge in [0, 0.05) is 49.9 Å². The third-order valence-electron chi connectivity index (χ3n) is 4.95. The molecule has 1 aliphatic heterocycles. The van der Waals surface area contributed by atoms with Crippen LogP contribution in [-0.2, 0) is 0 Å². The van der Waals surface area contributed by atoms with Gasteiger partial charge in [-0.3, -0.25) is 9.78 Å². The second-order valence-corrected chi connectivity index (χ2v) is 7.05. The molecule has 5 nitrogen and oxygen atoms in total. The second kappa shape index (κ2) is 7.27. The molecule has 2 aromatic carbocycles. The van der Waals surface area contributed by atoms with E-state index in [1.807, 2.05) is 78.5 Å². The lowest BCUT2D eigenvalue weighted by atomic mass is 10.2. The molecular formula is C22H23N3O2. The number of aromatic nitrogens is 1. The minimum absolute atomic E-state index is 0.0115. The fourth-order valence-corrected chi connectivity index (χ4v) is 3.44. The normalized spacial score (nSPS) is 16.5. The Morgan fingerprint density at radius 3 is 2.67 bits per heavy atom. The maximum absolute atomic E-state index is 12.8. The molecular weight excluding hydrogens is 338 g/mol. The highest BCUT2D eigenvalue weighted by molar-refractivity contribution is 5.94. The van der Waals surface area contributed by atoms with Gasteiger partial charge in [0.2, 0.25) is 0 Å². The van der Waals surface area contributed by atoms with Gasteiger partial charge in [-0.2, -0.15) is 0 Å². The standard InChI is InChI=1S/C22H23N3O2/c1-24(2)18-10-8-17(9-11-18)22(26)25-14-12-19(15-25)27-20-7-3-5-16-6-4-13-23-21(16)20/h3-11,13,19H,12,14-15H2,1-2H3. The van der Waals surface area contributed by atoms with Crippen LogP contribution in [0.15, 0.2) is 60.8 Å². The van der Waals surface area contributed by atoms with Gasteiger partial charge in [0.05, 0.1) is 6.54 Å². The zero-order chi connectivity index (χ0) is 18.8. The number of amides is 1. The number of rotatable bonds is 4. The SMILES string of the molecule is CN(C)c1ccc(C(=O)N2CCC(Oc3cccc4cccnc34)C2)cc1. The molecule has 1 atom stereocenters. The predicted molar refractivity (Wildman–Crippen MR) is 107 cm³/mol.